The molecule has 16 heavy (non-hydrogen) atoms. The van der Waals surface area contributed by atoms with E-state index < -0.39 is 0 Å². The lowest BCUT2D eigenvalue weighted by atomic mass is 9.89. The van der Waals surface area contributed by atoms with Crippen LogP contribution in [0.4, 0.5) is 4.39 Å². The van der Waals surface area contributed by atoms with E-state index >= 15 is 0 Å². The van der Waals surface area contributed by atoms with Crippen molar-refractivity contribution in [1.82, 2.24) is 0 Å². The Morgan fingerprint density at radius 1 is 1.50 bits per heavy atom. The van der Waals surface area contributed by atoms with Crippen molar-refractivity contribution in [2.75, 3.05) is 7.11 Å². The maximum Gasteiger partial charge on any atom is 0.163 e. The minimum Gasteiger partial charge on any atom is -0.504 e. The zero-order valence-corrected chi connectivity index (χ0v) is 9.46. The number of nitrogens with two attached hydrogens (primary N) is 1. The third-order valence-electron chi connectivity index (χ3n) is 3.47. The van der Waals surface area contributed by atoms with E-state index in [9.17, 15) is 9.50 Å². The maximum absolute atomic E-state index is 13.9. The minimum absolute atomic E-state index is 0.0363. The molecule has 2 rings (SSSR count). The van der Waals surface area contributed by atoms with Crippen LogP contribution in [0.25, 0.3) is 0 Å². The van der Waals surface area contributed by atoms with Crippen molar-refractivity contribution in [3.05, 3.63) is 23.5 Å². The van der Waals surface area contributed by atoms with Gasteiger partial charge in [-0.05, 0) is 31.4 Å². The molecular weight excluding hydrogens is 209 g/mol. The Kier molecular flexibility index (Phi) is 2.54. The second kappa shape index (κ2) is 3.63. The van der Waals surface area contributed by atoms with Crippen LogP contribution >= 0.6 is 0 Å². The fourth-order valence-corrected chi connectivity index (χ4v) is 2.19. The lowest BCUT2D eigenvalue weighted by Crippen LogP contribution is -2.32. The number of rotatable bonds is 3. The van der Waals surface area contributed by atoms with E-state index in [2.05, 4.69) is 0 Å². The summed E-state index contributed by atoms with van der Waals surface area (Å²) in [5.74, 6) is -0.239. The van der Waals surface area contributed by atoms with Crippen molar-refractivity contribution >= 4 is 0 Å². The molecule has 0 bridgehead atoms. The average Bonchev–Trinajstić information content (AvgIpc) is 3.01. The molecule has 1 aliphatic carbocycles. The summed E-state index contributed by atoms with van der Waals surface area (Å²) in [5, 5.41) is 9.66. The van der Waals surface area contributed by atoms with E-state index in [1.54, 1.807) is 0 Å². The molecule has 4 heteroatoms. The van der Waals surface area contributed by atoms with Crippen molar-refractivity contribution < 1.29 is 14.2 Å². The molecule has 3 nitrogen and oxygen atoms in total. The molecule has 0 heterocycles. The Morgan fingerprint density at radius 3 is 2.56 bits per heavy atom. The first-order chi connectivity index (χ1) is 7.51. The molecule has 0 saturated heterocycles. The van der Waals surface area contributed by atoms with Crippen LogP contribution in [-0.2, 0) is 5.41 Å². The number of hydrogen-bond acceptors (Lipinski definition) is 3. The van der Waals surface area contributed by atoms with Gasteiger partial charge in [-0.3, -0.25) is 0 Å². The largest absolute Gasteiger partial charge is 0.504 e. The van der Waals surface area contributed by atoms with Gasteiger partial charge in [0.2, 0.25) is 0 Å². The highest BCUT2D eigenvalue weighted by molar-refractivity contribution is 5.47. The summed E-state index contributed by atoms with van der Waals surface area (Å²) in [6.45, 7) is 1.87. The van der Waals surface area contributed by atoms with E-state index in [1.807, 2.05) is 6.92 Å². The second-order valence-corrected chi connectivity index (χ2v) is 4.45. The first-order valence-electron chi connectivity index (χ1n) is 5.34. The van der Waals surface area contributed by atoms with Crippen molar-refractivity contribution in [3.8, 4) is 11.5 Å². The molecule has 1 saturated carbocycles. The van der Waals surface area contributed by atoms with Crippen LogP contribution in [0, 0.1) is 5.82 Å². The van der Waals surface area contributed by atoms with Crippen LogP contribution in [0.2, 0.25) is 0 Å². The molecule has 1 aromatic carbocycles. The average molecular weight is 225 g/mol. The van der Waals surface area contributed by atoms with Crippen molar-refractivity contribution in [3.63, 3.8) is 0 Å². The number of phenols is 1. The summed E-state index contributed by atoms with van der Waals surface area (Å²) in [5.41, 5.74) is 6.08. The van der Waals surface area contributed by atoms with Crippen LogP contribution in [0.5, 0.6) is 11.5 Å². The molecule has 1 aromatic rings. The molecule has 1 atom stereocenters. The maximum atomic E-state index is 13.9. The smallest absolute Gasteiger partial charge is 0.163 e. The summed E-state index contributed by atoms with van der Waals surface area (Å²) >= 11 is 0. The standard InChI is InChI=1S/C12H16FNO2/c1-7(14)12(3-4-12)8-5-10(15)11(16-2)6-9(8)13/h5-7,15H,3-4,14H2,1-2H3. The van der Waals surface area contributed by atoms with Gasteiger partial charge in [-0.15, -0.1) is 0 Å². The van der Waals surface area contributed by atoms with E-state index in [4.69, 9.17) is 10.5 Å². The Morgan fingerprint density at radius 2 is 2.12 bits per heavy atom. The molecule has 1 aliphatic rings. The number of hydrogen-bond donors (Lipinski definition) is 2. The third kappa shape index (κ3) is 1.53. The van der Waals surface area contributed by atoms with Gasteiger partial charge in [0.05, 0.1) is 7.11 Å². The van der Waals surface area contributed by atoms with Gasteiger partial charge in [0.1, 0.15) is 5.82 Å². The summed E-state index contributed by atoms with van der Waals surface area (Å²) in [4.78, 5) is 0. The Bertz CT molecular complexity index is 414. The second-order valence-electron chi connectivity index (χ2n) is 4.45. The van der Waals surface area contributed by atoms with E-state index in [1.165, 1.54) is 19.2 Å². The Balaban J connectivity index is 2.47. The first-order valence-corrected chi connectivity index (χ1v) is 5.34. The number of ether oxygens (including phenoxy) is 1. The van der Waals surface area contributed by atoms with Crippen LogP contribution in [0.1, 0.15) is 25.3 Å². The summed E-state index contributed by atoms with van der Waals surface area (Å²) in [6.07, 6.45) is 1.74. The molecule has 0 amide bonds. The van der Waals surface area contributed by atoms with Gasteiger partial charge < -0.3 is 15.6 Å². The topological polar surface area (TPSA) is 55.5 Å². The summed E-state index contributed by atoms with van der Waals surface area (Å²) < 4.78 is 18.7. The number of methoxy groups -OCH3 is 1. The molecule has 1 fully saturated rings. The van der Waals surface area contributed by atoms with Gasteiger partial charge in [-0.1, -0.05) is 0 Å². The highest BCUT2D eigenvalue weighted by atomic mass is 19.1. The van der Waals surface area contributed by atoms with Gasteiger partial charge in [-0.2, -0.15) is 0 Å². The minimum atomic E-state index is -0.357. The van der Waals surface area contributed by atoms with Crippen LogP contribution in [0.15, 0.2) is 12.1 Å². The normalized spacial score (nSPS) is 19.2. The van der Waals surface area contributed by atoms with Gasteiger partial charge in [0.15, 0.2) is 11.5 Å². The highest BCUT2D eigenvalue weighted by Gasteiger charge is 2.49. The third-order valence-corrected chi connectivity index (χ3v) is 3.47. The van der Waals surface area contributed by atoms with E-state index in [0.29, 0.717) is 5.56 Å². The van der Waals surface area contributed by atoms with Crippen LogP contribution in [0.3, 0.4) is 0 Å². The van der Waals surface area contributed by atoms with Gasteiger partial charge in [-0.25, -0.2) is 4.39 Å². The predicted molar refractivity (Wildman–Crippen MR) is 59.2 cm³/mol. The molecule has 0 radical (unpaired) electrons. The fourth-order valence-electron chi connectivity index (χ4n) is 2.19. The van der Waals surface area contributed by atoms with E-state index in [-0.39, 0.29) is 28.8 Å². The zero-order valence-electron chi connectivity index (χ0n) is 9.46. The number of phenolic OH excluding ortho intramolecular Hbond substituents is 1. The number of halogens is 1. The number of benzene rings is 1. The first kappa shape index (κ1) is 11.2. The summed E-state index contributed by atoms with van der Waals surface area (Å²) in [6, 6.07) is 2.53. The molecule has 3 N–H and O–H groups in total. The molecule has 0 spiro atoms. The van der Waals surface area contributed by atoms with Crippen LogP contribution < -0.4 is 10.5 Å². The summed E-state index contributed by atoms with van der Waals surface area (Å²) in [7, 11) is 1.40. The predicted octanol–water partition coefficient (Wildman–Crippen LogP) is 1.92. The monoisotopic (exact) mass is 225 g/mol. The van der Waals surface area contributed by atoms with Gasteiger partial charge in [0, 0.05) is 17.5 Å². The lowest BCUT2D eigenvalue weighted by molar-refractivity contribution is 0.367. The number of aromatic hydroxyl groups is 1. The molecule has 88 valence electrons. The van der Waals surface area contributed by atoms with Gasteiger partial charge >= 0.3 is 0 Å². The molecule has 0 aliphatic heterocycles. The van der Waals surface area contributed by atoms with Crippen molar-refractivity contribution in [2.45, 2.75) is 31.2 Å². The Labute approximate surface area is 94.0 Å². The fraction of sp³-hybridized carbons (Fsp3) is 0.500. The molecular formula is C12H16FNO2. The quantitative estimate of drug-likeness (QED) is 0.826. The van der Waals surface area contributed by atoms with Crippen LogP contribution in [-0.4, -0.2) is 18.3 Å². The Hall–Kier alpha value is -1.29. The van der Waals surface area contributed by atoms with Gasteiger partial charge in [0.25, 0.3) is 0 Å². The highest BCUT2D eigenvalue weighted by Crippen LogP contribution is 2.52. The molecule has 1 unspecified atom stereocenters. The van der Waals surface area contributed by atoms with E-state index in [0.717, 1.165) is 12.8 Å². The SMILES string of the molecule is COc1cc(F)c(C2(C(C)N)CC2)cc1O. The van der Waals surface area contributed by atoms with Crippen molar-refractivity contribution in [1.29, 1.82) is 0 Å². The van der Waals surface area contributed by atoms with Crippen molar-refractivity contribution in [2.24, 2.45) is 5.73 Å². The molecule has 0 aromatic heterocycles. The zero-order chi connectivity index (χ0) is 11.9. The lowest BCUT2D eigenvalue weighted by Gasteiger charge is -2.21.